The van der Waals surface area contributed by atoms with Crippen molar-refractivity contribution in [1.29, 1.82) is 0 Å². The van der Waals surface area contributed by atoms with Crippen LogP contribution < -0.4 is 16.4 Å². The van der Waals surface area contributed by atoms with Crippen LogP contribution in [-0.2, 0) is 4.79 Å². The number of amides is 3. The molecule has 7 nitrogen and oxygen atoms in total. The lowest BCUT2D eigenvalue weighted by Gasteiger charge is -2.33. The van der Waals surface area contributed by atoms with E-state index in [-0.39, 0.29) is 18.4 Å². The highest BCUT2D eigenvalue weighted by atomic mass is 32.1. The van der Waals surface area contributed by atoms with E-state index in [1.807, 2.05) is 29.6 Å². The number of urea groups is 1. The van der Waals surface area contributed by atoms with Crippen molar-refractivity contribution >= 4 is 23.3 Å². The molecule has 2 aromatic rings. The number of nitrogens with one attached hydrogen (secondary N) is 2. The molecule has 3 amide bonds. The number of rotatable bonds is 8. The van der Waals surface area contributed by atoms with Crippen molar-refractivity contribution in [2.24, 2.45) is 5.73 Å². The quantitative estimate of drug-likeness (QED) is 0.645. The van der Waals surface area contributed by atoms with Crippen molar-refractivity contribution in [1.82, 2.24) is 15.5 Å². The van der Waals surface area contributed by atoms with Crippen molar-refractivity contribution in [3.05, 3.63) is 46.5 Å². The number of piperidine rings is 1. The predicted octanol–water partition coefficient (Wildman–Crippen LogP) is 2.78. The van der Waals surface area contributed by atoms with E-state index in [0.717, 1.165) is 36.6 Å². The van der Waals surface area contributed by atoms with Crippen LogP contribution in [0.2, 0.25) is 0 Å². The van der Waals surface area contributed by atoms with Gasteiger partial charge in [-0.05, 0) is 49.5 Å². The van der Waals surface area contributed by atoms with E-state index in [1.165, 1.54) is 17.8 Å². The lowest BCUT2D eigenvalue weighted by molar-refractivity contribution is -0.121. The summed E-state index contributed by atoms with van der Waals surface area (Å²) in [6.07, 6.45) is 5.38. The van der Waals surface area contributed by atoms with E-state index in [2.05, 4.69) is 15.5 Å². The lowest BCUT2D eigenvalue weighted by Crippen LogP contribution is -2.41. The fourth-order valence-electron chi connectivity index (χ4n) is 3.47. The zero-order chi connectivity index (χ0) is 19.1. The van der Waals surface area contributed by atoms with Crippen LogP contribution in [-0.4, -0.2) is 36.5 Å². The molecule has 0 aliphatic carbocycles. The second-order valence-electron chi connectivity index (χ2n) is 6.71. The Morgan fingerprint density at radius 3 is 2.67 bits per heavy atom. The van der Waals surface area contributed by atoms with Gasteiger partial charge in [-0.1, -0.05) is 12.5 Å². The average Bonchev–Trinajstić information content (AvgIpc) is 3.36. The van der Waals surface area contributed by atoms with E-state index in [0.29, 0.717) is 6.54 Å². The van der Waals surface area contributed by atoms with Gasteiger partial charge in [-0.25, -0.2) is 4.79 Å². The van der Waals surface area contributed by atoms with E-state index in [1.54, 1.807) is 6.26 Å². The zero-order valence-electron chi connectivity index (χ0n) is 15.2. The fourth-order valence-corrected chi connectivity index (χ4v) is 4.25. The number of hydrogen-bond acceptors (Lipinski definition) is 5. The second kappa shape index (κ2) is 9.57. The molecule has 4 N–H and O–H groups in total. The Morgan fingerprint density at radius 1 is 1.22 bits per heavy atom. The second-order valence-corrected chi connectivity index (χ2v) is 7.69. The summed E-state index contributed by atoms with van der Waals surface area (Å²) >= 11 is 1.49. The molecule has 1 fully saturated rings. The van der Waals surface area contributed by atoms with Gasteiger partial charge in [0.15, 0.2) is 0 Å². The van der Waals surface area contributed by atoms with Crippen LogP contribution in [0.4, 0.5) is 4.79 Å². The third-order valence-electron chi connectivity index (χ3n) is 4.79. The molecule has 3 rings (SSSR count). The first-order valence-electron chi connectivity index (χ1n) is 9.27. The number of nitrogens with zero attached hydrogens (tertiary/aromatic N) is 1. The Balaban J connectivity index is 1.60. The maximum atomic E-state index is 12.5. The SMILES string of the molecule is NC(=O)NC(CC(=O)NCC(c1ccco1)N1CCCCC1)c1cccs1. The minimum Gasteiger partial charge on any atom is -0.468 e. The van der Waals surface area contributed by atoms with Crippen molar-refractivity contribution in [3.8, 4) is 0 Å². The lowest BCUT2D eigenvalue weighted by atomic mass is 10.1. The van der Waals surface area contributed by atoms with Crippen molar-refractivity contribution < 1.29 is 14.0 Å². The van der Waals surface area contributed by atoms with Crippen LogP contribution in [0.3, 0.4) is 0 Å². The van der Waals surface area contributed by atoms with E-state index >= 15 is 0 Å². The van der Waals surface area contributed by atoms with Crippen LogP contribution >= 0.6 is 11.3 Å². The van der Waals surface area contributed by atoms with Gasteiger partial charge in [0.05, 0.1) is 24.8 Å². The summed E-state index contributed by atoms with van der Waals surface area (Å²) in [5.41, 5.74) is 5.26. The Bertz CT molecular complexity index is 711. The van der Waals surface area contributed by atoms with Crippen LogP contribution in [0, 0.1) is 0 Å². The van der Waals surface area contributed by atoms with Gasteiger partial charge in [0, 0.05) is 11.4 Å². The highest BCUT2D eigenvalue weighted by Gasteiger charge is 2.26. The summed E-state index contributed by atoms with van der Waals surface area (Å²) in [6, 6.07) is 6.57. The highest BCUT2D eigenvalue weighted by Crippen LogP contribution is 2.25. The highest BCUT2D eigenvalue weighted by molar-refractivity contribution is 7.10. The molecular weight excluding hydrogens is 364 g/mol. The molecule has 146 valence electrons. The number of nitrogens with two attached hydrogens (primary N) is 1. The van der Waals surface area contributed by atoms with Gasteiger partial charge in [0.1, 0.15) is 5.76 Å². The van der Waals surface area contributed by atoms with Gasteiger partial charge in [0.25, 0.3) is 0 Å². The Kier molecular flexibility index (Phi) is 6.89. The molecule has 2 unspecified atom stereocenters. The molecule has 3 heterocycles. The maximum absolute atomic E-state index is 12.5. The molecule has 1 aliphatic heterocycles. The number of furan rings is 1. The van der Waals surface area contributed by atoms with Crippen molar-refractivity contribution in [2.45, 2.75) is 37.8 Å². The molecule has 1 saturated heterocycles. The minimum atomic E-state index is -0.636. The van der Waals surface area contributed by atoms with Gasteiger partial charge in [-0.3, -0.25) is 9.69 Å². The smallest absolute Gasteiger partial charge is 0.312 e. The van der Waals surface area contributed by atoms with Crippen LogP contribution in [0.5, 0.6) is 0 Å². The van der Waals surface area contributed by atoms with Crippen LogP contribution in [0.25, 0.3) is 0 Å². The van der Waals surface area contributed by atoms with Gasteiger partial charge < -0.3 is 20.8 Å². The third-order valence-corrected chi connectivity index (χ3v) is 5.77. The van der Waals surface area contributed by atoms with Gasteiger partial charge >= 0.3 is 6.03 Å². The summed E-state index contributed by atoms with van der Waals surface area (Å²) in [4.78, 5) is 27.1. The topological polar surface area (TPSA) is 101 Å². The zero-order valence-corrected chi connectivity index (χ0v) is 16.0. The average molecular weight is 391 g/mol. The van der Waals surface area contributed by atoms with Crippen LogP contribution in [0.15, 0.2) is 40.3 Å². The first-order chi connectivity index (χ1) is 13.1. The fraction of sp³-hybridized carbons (Fsp3) is 0.474. The number of primary amides is 1. The normalized spacial score (nSPS) is 17.2. The number of hydrogen-bond donors (Lipinski definition) is 3. The number of thiophene rings is 1. The van der Waals surface area contributed by atoms with E-state index in [4.69, 9.17) is 10.2 Å². The van der Waals surface area contributed by atoms with Gasteiger partial charge in [0.2, 0.25) is 5.91 Å². The molecule has 0 radical (unpaired) electrons. The molecule has 0 saturated carbocycles. The number of carbonyl (C=O) groups is 2. The van der Waals surface area contributed by atoms with E-state index < -0.39 is 12.1 Å². The monoisotopic (exact) mass is 390 g/mol. The minimum absolute atomic E-state index is 0.0218. The Hall–Kier alpha value is -2.32. The molecule has 0 aromatic carbocycles. The standard InChI is InChI=1S/C19H26N4O3S/c20-19(25)22-14(17-7-5-11-27-17)12-18(24)21-13-15(16-6-4-10-26-16)23-8-2-1-3-9-23/h4-7,10-11,14-15H,1-3,8-9,12-13H2,(H,21,24)(H3,20,22,25). The van der Waals surface area contributed by atoms with Crippen molar-refractivity contribution in [3.63, 3.8) is 0 Å². The molecule has 2 atom stereocenters. The third kappa shape index (κ3) is 5.58. The first kappa shape index (κ1) is 19.4. The molecule has 27 heavy (non-hydrogen) atoms. The Morgan fingerprint density at radius 2 is 2.04 bits per heavy atom. The first-order valence-corrected chi connectivity index (χ1v) is 10.1. The number of likely N-dealkylation sites (tertiary alicyclic amines) is 1. The van der Waals surface area contributed by atoms with E-state index in [9.17, 15) is 9.59 Å². The summed E-state index contributed by atoms with van der Waals surface area (Å²) in [5.74, 6) is 0.734. The maximum Gasteiger partial charge on any atom is 0.312 e. The Labute approximate surface area is 162 Å². The summed E-state index contributed by atoms with van der Waals surface area (Å²) in [5, 5.41) is 7.57. The predicted molar refractivity (Wildman–Crippen MR) is 104 cm³/mol. The summed E-state index contributed by atoms with van der Waals surface area (Å²) in [7, 11) is 0. The summed E-state index contributed by atoms with van der Waals surface area (Å²) < 4.78 is 5.61. The van der Waals surface area contributed by atoms with Crippen LogP contribution in [0.1, 0.15) is 48.4 Å². The molecule has 0 spiro atoms. The summed E-state index contributed by atoms with van der Waals surface area (Å²) in [6.45, 7) is 2.48. The molecule has 2 aromatic heterocycles. The largest absolute Gasteiger partial charge is 0.468 e. The molecule has 0 bridgehead atoms. The van der Waals surface area contributed by atoms with Gasteiger partial charge in [-0.15, -0.1) is 11.3 Å². The van der Waals surface area contributed by atoms with Crippen molar-refractivity contribution in [2.75, 3.05) is 19.6 Å². The molecule has 8 heteroatoms. The number of carbonyl (C=O) groups excluding carboxylic acids is 2. The molecular formula is C19H26N4O3S. The molecule has 1 aliphatic rings. The van der Waals surface area contributed by atoms with Gasteiger partial charge in [-0.2, -0.15) is 0 Å².